The number of aliphatic imine (C=N–C) groups is 1. The van der Waals surface area contributed by atoms with Crippen LogP contribution in [0.3, 0.4) is 0 Å². The Morgan fingerprint density at radius 3 is 2.05 bits per heavy atom. The Morgan fingerprint density at radius 2 is 1.55 bits per heavy atom. The fraction of sp³-hybridized carbons (Fsp3) is 0.388. The molecule has 0 radical (unpaired) electrons. The SMILES string of the molecule is CC.CC(=N)N1C(=N)CN=C(c2ccc(C)cc2)c2cc(OCC=O)ccc21.CCNC(C)=O.CNCc1cccc(C2CCN(C)CC2)c1.CSO.Cc1ccc(C=O)cc1. The van der Waals surface area contributed by atoms with Crippen LogP contribution >= 0.6 is 12.0 Å². The van der Waals surface area contributed by atoms with E-state index in [1.807, 2.05) is 96.3 Å². The smallest absolute Gasteiger partial charge is 0.216 e. The number of likely N-dealkylation sites (tertiary alicyclic amines) is 1. The van der Waals surface area contributed by atoms with E-state index in [1.54, 1.807) is 30.2 Å². The van der Waals surface area contributed by atoms with Crippen molar-refractivity contribution in [3.8, 4) is 5.75 Å². The second kappa shape index (κ2) is 31.4. The number of amidine groups is 2. The molecular weight excluding hydrogens is 799 g/mol. The quantitative estimate of drug-likeness (QED) is 0.0476. The van der Waals surface area contributed by atoms with Crippen molar-refractivity contribution in [3.63, 3.8) is 0 Å². The molecule has 0 unspecified atom stereocenters. The zero-order chi connectivity index (χ0) is 46.5. The van der Waals surface area contributed by atoms with Gasteiger partial charge in [-0.3, -0.25) is 35.1 Å². The lowest BCUT2D eigenvalue weighted by atomic mass is 9.89. The number of carbonyl (C=O) groups excluding carboxylic acids is 3. The van der Waals surface area contributed by atoms with Gasteiger partial charge in [-0.2, -0.15) is 0 Å². The number of hydrogen-bond acceptors (Lipinski definition) is 11. The first-order valence-corrected chi connectivity index (χ1v) is 22.1. The van der Waals surface area contributed by atoms with Crippen molar-refractivity contribution < 1.29 is 23.7 Å². The van der Waals surface area contributed by atoms with Gasteiger partial charge in [0.15, 0.2) is 6.29 Å². The fourth-order valence-electron chi connectivity index (χ4n) is 6.31. The van der Waals surface area contributed by atoms with Crippen LogP contribution in [0.25, 0.3) is 0 Å². The van der Waals surface area contributed by atoms with Crippen molar-refractivity contribution >= 4 is 53.6 Å². The van der Waals surface area contributed by atoms with E-state index < -0.39 is 0 Å². The second-order valence-electron chi connectivity index (χ2n) is 14.2. The number of fused-ring (bicyclic) bond motifs is 1. The summed E-state index contributed by atoms with van der Waals surface area (Å²) in [6, 6.07) is 29.9. The van der Waals surface area contributed by atoms with E-state index in [9.17, 15) is 14.4 Å². The van der Waals surface area contributed by atoms with E-state index >= 15 is 0 Å². The van der Waals surface area contributed by atoms with Crippen molar-refractivity contribution in [1.29, 1.82) is 10.8 Å². The van der Waals surface area contributed by atoms with Crippen LogP contribution < -0.4 is 20.3 Å². The molecule has 13 heteroatoms. The van der Waals surface area contributed by atoms with Gasteiger partial charge in [-0.1, -0.05) is 97.8 Å². The van der Waals surface area contributed by atoms with Crippen LogP contribution in [-0.4, -0.2) is 98.5 Å². The van der Waals surface area contributed by atoms with Gasteiger partial charge in [0.2, 0.25) is 5.91 Å². The highest BCUT2D eigenvalue weighted by molar-refractivity contribution is 7.93. The van der Waals surface area contributed by atoms with Crippen LogP contribution in [-0.2, 0) is 16.1 Å². The summed E-state index contributed by atoms with van der Waals surface area (Å²) in [5.74, 6) is 1.85. The van der Waals surface area contributed by atoms with Gasteiger partial charge in [0.05, 0.1) is 17.9 Å². The topological polar surface area (TPSA) is 171 Å². The van der Waals surface area contributed by atoms with Gasteiger partial charge in [0, 0.05) is 43.0 Å². The summed E-state index contributed by atoms with van der Waals surface area (Å²) in [6.45, 7) is 17.4. The molecular formula is C49H69N7O5S. The van der Waals surface area contributed by atoms with Crippen LogP contribution in [0.15, 0.2) is 96.0 Å². The Morgan fingerprint density at radius 1 is 0.952 bits per heavy atom. The summed E-state index contributed by atoms with van der Waals surface area (Å²) in [5.41, 5.74) is 9.15. The molecule has 0 aliphatic carbocycles. The van der Waals surface area contributed by atoms with Crippen molar-refractivity contribution in [2.75, 3.05) is 58.0 Å². The minimum atomic E-state index is -0.0288. The minimum Gasteiger partial charge on any atom is -0.486 e. The molecule has 2 aliphatic heterocycles. The zero-order valence-electron chi connectivity index (χ0n) is 38.4. The third-order valence-electron chi connectivity index (χ3n) is 9.26. The predicted molar refractivity (Wildman–Crippen MR) is 260 cm³/mol. The first-order chi connectivity index (χ1) is 29.8. The number of ether oxygens (including phenoxy) is 1. The van der Waals surface area contributed by atoms with Crippen molar-refractivity contribution in [2.24, 2.45) is 4.99 Å². The van der Waals surface area contributed by atoms with E-state index in [-0.39, 0.29) is 30.7 Å². The van der Waals surface area contributed by atoms with Crippen molar-refractivity contribution in [1.82, 2.24) is 15.5 Å². The van der Waals surface area contributed by atoms with Gasteiger partial charge >= 0.3 is 0 Å². The third kappa shape index (κ3) is 19.9. The van der Waals surface area contributed by atoms with Crippen LogP contribution in [0.4, 0.5) is 5.69 Å². The molecule has 336 valence electrons. The lowest BCUT2D eigenvalue weighted by Crippen LogP contribution is -2.35. The number of amides is 1. The average molecular weight is 868 g/mol. The van der Waals surface area contributed by atoms with E-state index in [4.69, 9.17) is 20.1 Å². The van der Waals surface area contributed by atoms with Gasteiger partial charge in [-0.25, -0.2) is 0 Å². The standard InChI is InChI=1S/C20H20N4O2.C14H22N2.C8H8O.C4H9NO.C2H6.CH4OS/c1-13-3-5-15(6-4-13)20-17-11-16(26-10-9-25)7-8-18(17)24(14(2)21)19(22)12-23-20;1-15-11-12-4-3-5-14(10-12)13-6-8-16(2)9-7-13;1-7-2-4-8(6-9)5-3-7;1-3-5-4(2)6;1-2;1-3-2/h3-9,11,21-22H,10,12H2,1-2H3;3-5,10,13,15H,6-9,11H2,1-2H3;2-6H,1H3;3H2,1-2H3,(H,5,6);1-2H3;2H,1H3. The maximum absolute atomic E-state index is 10.6. The number of piperidine rings is 1. The van der Waals surface area contributed by atoms with Crippen LogP contribution in [0.1, 0.15) is 97.1 Å². The van der Waals surface area contributed by atoms with Crippen molar-refractivity contribution in [3.05, 3.63) is 130 Å². The molecule has 0 saturated carbocycles. The van der Waals surface area contributed by atoms with E-state index in [2.05, 4.69) is 51.8 Å². The number of benzene rings is 4. The predicted octanol–water partition coefficient (Wildman–Crippen LogP) is 9.22. The second-order valence-corrected chi connectivity index (χ2v) is 14.6. The molecule has 0 atom stereocenters. The summed E-state index contributed by atoms with van der Waals surface area (Å²) in [4.78, 5) is 39.3. The lowest BCUT2D eigenvalue weighted by Gasteiger charge is -2.29. The number of aldehydes is 2. The molecule has 12 nitrogen and oxygen atoms in total. The number of nitrogens with one attached hydrogen (secondary N) is 4. The number of nitrogens with zero attached hydrogens (tertiary/aromatic N) is 3. The van der Waals surface area contributed by atoms with Crippen LogP contribution in [0.2, 0.25) is 0 Å². The Kier molecular flexibility index (Phi) is 27.6. The largest absolute Gasteiger partial charge is 0.486 e. The van der Waals surface area contributed by atoms with Gasteiger partial charge in [-0.05, 0) is 115 Å². The molecule has 2 heterocycles. The van der Waals surface area contributed by atoms with Crippen molar-refractivity contribution in [2.45, 2.75) is 73.8 Å². The first kappa shape index (κ1) is 54.5. The molecule has 4 aromatic carbocycles. The number of rotatable bonds is 9. The Balaban J connectivity index is 0.000000452. The normalized spacial score (nSPS) is 13.0. The monoisotopic (exact) mass is 868 g/mol. The average Bonchev–Trinajstić information content (AvgIpc) is 3.41. The highest BCUT2D eigenvalue weighted by Crippen LogP contribution is 2.31. The molecule has 1 saturated heterocycles. The summed E-state index contributed by atoms with van der Waals surface area (Å²) < 4.78 is 12.9. The van der Waals surface area contributed by atoms with E-state index in [0.29, 0.717) is 17.7 Å². The number of aryl methyl sites for hydroxylation is 2. The Hall–Kier alpha value is -5.47. The Bertz CT molecular complexity index is 1980. The minimum absolute atomic E-state index is 0.0288. The summed E-state index contributed by atoms with van der Waals surface area (Å²) >= 11 is 0.750. The number of benzodiazepines with no additional fused rings is 1. The molecule has 1 amide bonds. The van der Waals surface area contributed by atoms with E-state index in [1.165, 1.54) is 49.5 Å². The van der Waals surface area contributed by atoms with Gasteiger partial charge in [0.1, 0.15) is 30.3 Å². The summed E-state index contributed by atoms with van der Waals surface area (Å²) in [7, 11) is 4.22. The molecule has 0 aromatic heterocycles. The molecule has 62 heavy (non-hydrogen) atoms. The number of anilines is 1. The maximum Gasteiger partial charge on any atom is 0.216 e. The van der Waals surface area contributed by atoms with E-state index in [0.717, 1.165) is 65.3 Å². The first-order valence-electron chi connectivity index (χ1n) is 20.9. The molecule has 5 N–H and O–H groups in total. The zero-order valence-corrected chi connectivity index (χ0v) is 39.2. The molecule has 6 rings (SSSR count). The number of carbonyl (C=O) groups is 3. The Labute approximate surface area is 374 Å². The summed E-state index contributed by atoms with van der Waals surface area (Å²) in [6.07, 6.45) is 5.75. The summed E-state index contributed by atoms with van der Waals surface area (Å²) in [5, 5.41) is 22.1. The molecule has 0 bridgehead atoms. The third-order valence-corrected chi connectivity index (χ3v) is 9.26. The van der Waals surface area contributed by atoms with Crippen LogP contribution in [0, 0.1) is 24.7 Å². The lowest BCUT2D eigenvalue weighted by molar-refractivity contribution is -0.118. The molecule has 1 fully saturated rings. The number of hydrogen-bond donors (Lipinski definition) is 5. The van der Waals surface area contributed by atoms with Gasteiger partial charge in [0.25, 0.3) is 0 Å². The van der Waals surface area contributed by atoms with Crippen LogP contribution in [0.5, 0.6) is 5.75 Å². The molecule has 2 aliphatic rings. The molecule has 4 aromatic rings. The highest BCUT2D eigenvalue weighted by Gasteiger charge is 2.25. The van der Waals surface area contributed by atoms with Gasteiger partial charge in [-0.15, -0.1) is 0 Å². The van der Waals surface area contributed by atoms with Gasteiger partial charge < -0.3 is 24.8 Å². The molecule has 0 spiro atoms. The highest BCUT2D eigenvalue weighted by atomic mass is 32.2. The fourth-order valence-corrected chi connectivity index (χ4v) is 6.31. The maximum atomic E-state index is 10.6.